The summed E-state index contributed by atoms with van der Waals surface area (Å²) < 4.78 is 0. The molecule has 0 aliphatic carbocycles. The Balaban J connectivity index is 2.38. The van der Waals surface area contributed by atoms with E-state index in [0.717, 1.165) is 17.7 Å². The second-order valence-electron chi connectivity index (χ2n) is 4.66. The van der Waals surface area contributed by atoms with Crippen LogP contribution in [0.2, 0.25) is 0 Å². The Bertz CT molecular complexity index is 429. The van der Waals surface area contributed by atoms with E-state index in [0.29, 0.717) is 32.4 Å². The van der Waals surface area contributed by atoms with Crippen LogP contribution in [-0.2, 0) is 16.1 Å². The largest absolute Gasteiger partial charge is 0.352 e. The van der Waals surface area contributed by atoms with Crippen molar-refractivity contribution in [3.8, 4) is 0 Å². The molecular formula is C15H23N3O2. The molecule has 0 saturated heterocycles. The van der Waals surface area contributed by atoms with E-state index < -0.39 is 0 Å². The summed E-state index contributed by atoms with van der Waals surface area (Å²) in [6.45, 7) is 2.99. The zero-order chi connectivity index (χ0) is 14.8. The van der Waals surface area contributed by atoms with Gasteiger partial charge in [-0.3, -0.25) is 9.59 Å². The van der Waals surface area contributed by atoms with Crippen molar-refractivity contribution in [3.05, 3.63) is 29.8 Å². The van der Waals surface area contributed by atoms with Crippen molar-refractivity contribution >= 4 is 17.5 Å². The first-order chi connectivity index (χ1) is 9.65. The van der Waals surface area contributed by atoms with Crippen molar-refractivity contribution in [3.63, 3.8) is 0 Å². The normalized spacial score (nSPS) is 10.1. The van der Waals surface area contributed by atoms with Gasteiger partial charge in [0.25, 0.3) is 0 Å². The van der Waals surface area contributed by atoms with Gasteiger partial charge < -0.3 is 16.4 Å². The summed E-state index contributed by atoms with van der Waals surface area (Å²) in [6.07, 6.45) is 2.52. The first-order valence-corrected chi connectivity index (χ1v) is 7.01. The lowest BCUT2D eigenvalue weighted by Gasteiger charge is -2.07. The van der Waals surface area contributed by atoms with Crippen LogP contribution in [0.15, 0.2) is 24.3 Å². The lowest BCUT2D eigenvalue weighted by atomic mass is 10.2. The van der Waals surface area contributed by atoms with Crippen molar-refractivity contribution in [2.75, 3.05) is 11.9 Å². The third kappa shape index (κ3) is 6.33. The van der Waals surface area contributed by atoms with Gasteiger partial charge in [-0.25, -0.2) is 0 Å². The number of hydrogen-bond donors (Lipinski definition) is 3. The molecule has 110 valence electrons. The van der Waals surface area contributed by atoms with E-state index in [1.54, 1.807) is 0 Å². The summed E-state index contributed by atoms with van der Waals surface area (Å²) in [5.74, 6) is 0.0334. The number of amides is 2. The maximum Gasteiger partial charge on any atom is 0.224 e. The highest BCUT2D eigenvalue weighted by atomic mass is 16.2. The van der Waals surface area contributed by atoms with E-state index in [9.17, 15) is 9.59 Å². The number of hydrogen-bond acceptors (Lipinski definition) is 3. The number of carbonyl (C=O) groups is 2. The number of rotatable bonds is 8. The van der Waals surface area contributed by atoms with E-state index in [4.69, 9.17) is 5.73 Å². The zero-order valence-corrected chi connectivity index (χ0v) is 11.9. The van der Waals surface area contributed by atoms with Crippen molar-refractivity contribution in [2.45, 2.75) is 39.2 Å². The maximum atomic E-state index is 11.4. The summed E-state index contributed by atoms with van der Waals surface area (Å²) in [4.78, 5) is 22.9. The predicted octanol–water partition coefficient (Wildman–Crippen LogP) is 1.78. The summed E-state index contributed by atoms with van der Waals surface area (Å²) >= 11 is 0. The molecule has 0 spiro atoms. The lowest BCUT2D eigenvalue weighted by Crippen LogP contribution is -2.23. The van der Waals surface area contributed by atoms with Crippen LogP contribution in [0, 0.1) is 0 Å². The van der Waals surface area contributed by atoms with Gasteiger partial charge in [-0.05, 0) is 37.1 Å². The molecule has 0 bridgehead atoms. The SMILES string of the molecule is CCCC(=O)Nc1ccc(CNC(=O)CCCN)cc1. The Morgan fingerprint density at radius 2 is 1.80 bits per heavy atom. The number of benzene rings is 1. The van der Waals surface area contributed by atoms with Gasteiger partial charge in [-0.15, -0.1) is 0 Å². The van der Waals surface area contributed by atoms with E-state index in [1.165, 1.54) is 0 Å². The standard InChI is InChI=1S/C15H23N3O2/c1-2-4-15(20)18-13-8-6-12(7-9-13)11-17-14(19)5-3-10-16/h6-9H,2-5,10-11,16H2,1H3,(H,17,19)(H,18,20). The smallest absolute Gasteiger partial charge is 0.224 e. The topological polar surface area (TPSA) is 84.2 Å². The molecule has 0 fully saturated rings. The zero-order valence-electron chi connectivity index (χ0n) is 11.9. The minimum absolute atomic E-state index is 0.00998. The molecule has 1 rings (SSSR count). The first kappa shape index (κ1) is 16.2. The number of nitrogens with two attached hydrogens (primary N) is 1. The number of anilines is 1. The molecule has 0 aliphatic rings. The molecular weight excluding hydrogens is 254 g/mol. The first-order valence-electron chi connectivity index (χ1n) is 7.01. The maximum absolute atomic E-state index is 11.4. The van der Waals surface area contributed by atoms with Crippen LogP contribution in [0.25, 0.3) is 0 Å². The molecule has 0 saturated carbocycles. The molecule has 0 radical (unpaired) electrons. The quantitative estimate of drug-likeness (QED) is 0.677. The van der Waals surface area contributed by atoms with Gasteiger partial charge in [0, 0.05) is 25.1 Å². The van der Waals surface area contributed by atoms with Gasteiger partial charge in [0.2, 0.25) is 11.8 Å². The van der Waals surface area contributed by atoms with Gasteiger partial charge >= 0.3 is 0 Å². The van der Waals surface area contributed by atoms with Crippen molar-refractivity contribution < 1.29 is 9.59 Å². The molecule has 0 unspecified atom stereocenters. The minimum atomic E-state index is 0.00998. The van der Waals surface area contributed by atoms with Crippen molar-refractivity contribution in [1.82, 2.24) is 5.32 Å². The minimum Gasteiger partial charge on any atom is -0.352 e. The highest BCUT2D eigenvalue weighted by Crippen LogP contribution is 2.10. The van der Waals surface area contributed by atoms with Gasteiger partial charge in [0.1, 0.15) is 0 Å². The highest BCUT2D eigenvalue weighted by Gasteiger charge is 2.02. The van der Waals surface area contributed by atoms with Crippen LogP contribution >= 0.6 is 0 Å². The fourth-order valence-corrected chi connectivity index (χ4v) is 1.71. The van der Waals surface area contributed by atoms with Crippen LogP contribution in [0.1, 0.15) is 38.2 Å². The predicted molar refractivity (Wildman–Crippen MR) is 80.1 cm³/mol. The molecule has 0 atom stereocenters. The Kier molecular flexibility index (Phi) is 7.35. The average Bonchev–Trinajstić information content (AvgIpc) is 2.44. The Hall–Kier alpha value is -1.88. The Labute approximate surface area is 119 Å². The summed E-state index contributed by atoms with van der Waals surface area (Å²) in [5, 5.41) is 5.66. The lowest BCUT2D eigenvalue weighted by molar-refractivity contribution is -0.121. The highest BCUT2D eigenvalue weighted by molar-refractivity contribution is 5.90. The molecule has 5 heteroatoms. The molecule has 0 heterocycles. The fourth-order valence-electron chi connectivity index (χ4n) is 1.71. The van der Waals surface area contributed by atoms with Crippen LogP contribution in [0.3, 0.4) is 0 Å². The summed E-state index contributed by atoms with van der Waals surface area (Å²) in [6, 6.07) is 7.47. The molecule has 20 heavy (non-hydrogen) atoms. The third-order valence-electron chi connectivity index (χ3n) is 2.81. The van der Waals surface area contributed by atoms with Gasteiger partial charge in [0.05, 0.1) is 0 Å². The van der Waals surface area contributed by atoms with E-state index >= 15 is 0 Å². The number of carbonyl (C=O) groups excluding carboxylic acids is 2. The van der Waals surface area contributed by atoms with Crippen molar-refractivity contribution in [2.24, 2.45) is 5.73 Å². The van der Waals surface area contributed by atoms with Crippen LogP contribution in [0.5, 0.6) is 0 Å². The summed E-state index contributed by atoms with van der Waals surface area (Å²) in [7, 11) is 0. The second kappa shape index (κ2) is 9.09. The van der Waals surface area contributed by atoms with E-state index in [-0.39, 0.29) is 11.8 Å². The fraction of sp³-hybridized carbons (Fsp3) is 0.467. The van der Waals surface area contributed by atoms with E-state index in [1.807, 2.05) is 31.2 Å². The van der Waals surface area contributed by atoms with Crippen molar-refractivity contribution in [1.29, 1.82) is 0 Å². The van der Waals surface area contributed by atoms with E-state index in [2.05, 4.69) is 10.6 Å². The second-order valence-corrected chi connectivity index (χ2v) is 4.66. The monoisotopic (exact) mass is 277 g/mol. The molecule has 0 aromatic heterocycles. The molecule has 1 aromatic rings. The van der Waals surface area contributed by atoms with Gasteiger partial charge in [-0.1, -0.05) is 19.1 Å². The molecule has 0 aliphatic heterocycles. The molecule has 1 aromatic carbocycles. The third-order valence-corrected chi connectivity index (χ3v) is 2.81. The molecule has 5 nitrogen and oxygen atoms in total. The van der Waals surface area contributed by atoms with Crippen LogP contribution in [-0.4, -0.2) is 18.4 Å². The summed E-state index contributed by atoms with van der Waals surface area (Å²) in [5.41, 5.74) is 7.13. The molecule has 2 amide bonds. The number of nitrogens with one attached hydrogen (secondary N) is 2. The average molecular weight is 277 g/mol. The van der Waals surface area contributed by atoms with Gasteiger partial charge in [0.15, 0.2) is 0 Å². The molecule has 4 N–H and O–H groups in total. The van der Waals surface area contributed by atoms with Gasteiger partial charge in [-0.2, -0.15) is 0 Å². The Morgan fingerprint density at radius 3 is 2.40 bits per heavy atom. The Morgan fingerprint density at radius 1 is 1.10 bits per heavy atom. The van der Waals surface area contributed by atoms with Crippen LogP contribution in [0.4, 0.5) is 5.69 Å². The van der Waals surface area contributed by atoms with Crippen LogP contribution < -0.4 is 16.4 Å².